The molecule has 1 unspecified atom stereocenters. The van der Waals surface area contributed by atoms with Crippen LogP contribution < -0.4 is 5.32 Å². The number of ketones is 1. The summed E-state index contributed by atoms with van der Waals surface area (Å²) in [6.07, 6.45) is 3.26. The Hall–Kier alpha value is -1.87. The molecule has 4 aliphatic carbocycles. The topological polar surface area (TPSA) is 89.5 Å². The van der Waals surface area contributed by atoms with Crippen LogP contribution >= 0.6 is 0 Å². The van der Waals surface area contributed by atoms with E-state index in [-0.39, 0.29) is 5.56 Å². The van der Waals surface area contributed by atoms with Crippen molar-refractivity contribution in [2.24, 2.45) is 17.8 Å². The van der Waals surface area contributed by atoms with E-state index < -0.39 is 38.7 Å². The first-order valence-electron chi connectivity index (χ1n) is 10.2. The lowest BCUT2D eigenvalue weighted by Gasteiger charge is -2.57. The van der Waals surface area contributed by atoms with Gasteiger partial charge in [-0.05, 0) is 63.2 Å². The first-order chi connectivity index (χ1) is 14.0. The Morgan fingerprint density at radius 2 is 1.57 bits per heavy atom. The Bertz CT molecular complexity index is 912. The van der Waals surface area contributed by atoms with Crippen LogP contribution in [0.3, 0.4) is 0 Å². The minimum atomic E-state index is -5.66. The molecule has 0 aliphatic heterocycles. The van der Waals surface area contributed by atoms with Gasteiger partial charge < -0.3 is 5.32 Å². The average Bonchev–Trinajstić information content (AvgIpc) is 2.66. The molecule has 0 heterocycles. The number of hydrogen-bond donors (Lipinski definition) is 1. The quantitative estimate of drug-likeness (QED) is 0.518. The zero-order chi connectivity index (χ0) is 21.7. The molecule has 4 aliphatic rings. The largest absolute Gasteiger partial charge is 0.446 e. The summed E-state index contributed by atoms with van der Waals surface area (Å²) >= 11 is 0. The Balaban J connectivity index is 1.46. The predicted octanol–water partition coefficient (Wildman–Crippen LogP) is 3.28. The van der Waals surface area contributed by atoms with E-state index in [2.05, 4.69) is 9.50 Å². The lowest BCUT2D eigenvalue weighted by molar-refractivity contribution is -0.142. The SMILES string of the molecule is CC(OS(=O)(=O)C(F)(F)C(=O)NC12CC3C[C@H](C1)C[C@@H](C3)C2)C(=O)c1ccccc1. The third-order valence-corrected chi connectivity index (χ3v) is 8.05. The number of Topliss-reactive ketones (excluding diaryl/α,β-unsaturated/α-hetero) is 1. The fourth-order valence-corrected chi connectivity index (χ4v) is 6.69. The number of amides is 1. The van der Waals surface area contributed by atoms with Crippen molar-refractivity contribution >= 4 is 21.8 Å². The van der Waals surface area contributed by atoms with Crippen molar-refractivity contribution in [3.8, 4) is 0 Å². The Morgan fingerprint density at radius 1 is 1.07 bits per heavy atom. The van der Waals surface area contributed by atoms with Crippen molar-refractivity contribution in [1.29, 1.82) is 0 Å². The van der Waals surface area contributed by atoms with Crippen molar-refractivity contribution in [1.82, 2.24) is 5.32 Å². The van der Waals surface area contributed by atoms with E-state index >= 15 is 0 Å². The van der Waals surface area contributed by atoms with E-state index in [0.29, 0.717) is 37.0 Å². The van der Waals surface area contributed by atoms with Crippen LogP contribution in [0.2, 0.25) is 0 Å². The van der Waals surface area contributed by atoms with Gasteiger partial charge in [0.05, 0.1) is 0 Å². The molecule has 0 radical (unpaired) electrons. The molecule has 1 N–H and O–H groups in total. The van der Waals surface area contributed by atoms with Gasteiger partial charge in [0.2, 0.25) is 0 Å². The van der Waals surface area contributed by atoms with Crippen LogP contribution in [-0.4, -0.2) is 37.0 Å². The Kier molecular flexibility index (Phi) is 5.25. The molecule has 5 rings (SSSR count). The number of carbonyl (C=O) groups is 2. The number of hydrogen-bond acceptors (Lipinski definition) is 5. The zero-order valence-corrected chi connectivity index (χ0v) is 17.5. The third-order valence-electron chi connectivity index (χ3n) is 6.69. The van der Waals surface area contributed by atoms with Gasteiger partial charge in [0.25, 0.3) is 0 Å². The van der Waals surface area contributed by atoms with E-state index in [4.69, 9.17) is 0 Å². The molecule has 164 valence electrons. The van der Waals surface area contributed by atoms with Crippen molar-refractivity contribution in [3.63, 3.8) is 0 Å². The molecule has 9 heteroatoms. The molecule has 1 atom stereocenters. The summed E-state index contributed by atoms with van der Waals surface area (Å²) in [5.74, 6) is -1.47. The van der Waals surface area contributed by atoms with Gasteiger partial charge in [-0.2, -0.15) is 17.2 Å². The molecular formula is C21H25F2NO5S. The van der Waals surface area contributed by atoms with Crippen LogP contribution in [0.25, 0.3) is 0 Å². The second-order valence-electron chi connectivity index (χ2n) is 9.09. The standard InChI is InChI=1S/C21H25F2NO5S/c1-13(18(25)17-5-3-2-4-6-17)29-30(27,28)21(22,23)19(26)24-20-10-14-7-15(11-20)9-16(8-14)12-20/h2-6,13-16H,7-12H2,1H3,(H,24,26)/t13?,14-,15+,16?,20?. The summed E-state index contributed by atoms with van der Waals surface area (Å²) < 4.78 is 58.3. The fraction of sp³-hybridized carbons (Fsp3) is 0.619. The second-order valence-corrected chi connectivity index (χ2v) is 10.7. The van der Waals surface area contributed by atoms with Crippen LogP contribution in [-0.2, 0) is 19.1 Å². The average molecular weight is 441 g/mol. The van der Waals surface area contributed by atoms with Gasteiger partial charge in [-0.1, -0.05) is 30.3 Å². The van der Waals surface area contributed by atoms with Crippen molar-refractivity contribution in [3.05, 3.63) is 35.9 Å². The highest BCUT2D eigenvalue weighted by molar-refractivity contribution is 7.88. The molecular weight excluding hydrogens is 416 g/mol. The van der Waals surface area contributed by atoms with Crippen molar-refractivity contribution < 1.29 is 31.0 Å². The van der Waals surface area contributed by atoms with E-state index in [0.717, 1.165) is 26.2 Å². The second kappa shape index (κ2) is 7.37. The van der Waals surface area contributed by atoms with Crippen LogP contribution in [0.5, 0.6) is 0 Å². The molecule has 4 bridgehead atoms. The summed E-state index contributed by atoms with van der Waals surface area (Å²) in [7, 11) is -5.66. The van der Waals surface area contributed by atoms with Gasteiger partial charge in [0, 0.05) is 11.1 Å². The maximum atomic E-state index is 14.7. The molecule has 0 spiro atoms. The molecule has 1 amide bonds. The number of alkyl halides is 2. The molecule has 1 aromatic rings. The number of rotatable bonds is 7. The lowest BCUT2D eigenvalue weighted by Crippen LogP contribution is -2.63. The molecule has 4 saturated carbocycles. The normalized spacial score (nSPS) is 31.4. The number of carbonyl (C=O) groups excluding carboxylic acids is 2. The summed E-state index contributed by atoms with van der Waals surface area (Å²) in [5, 5.41) is -2.42. The summed E-state index contributed by atoms with van der Waals surface area (Å²) in [6.45, 7) is 1.07. The zero-order valence-electron chi connectivity index (χ0n) is 16.6. The van der Waals surface area contributed by atoms with E-state index in [1.165, 1.54) is 12.1 Å². The molecule has 0 saturated heterocycles. The molecule has 1 aromatic carbocycles. The van der Waals surface area contributed by atoms with Crippen LogP contribution in [0.1, 0.15) is 55.8 Å². The van der Waals surface area contributed by atoms with Crippen LogP contribution in [0.15, 0.2) is 30.3 Å². The van der Waals surface area contributed by atoms with Gasteiger partial charge >= 0.3 is 21.3 Å². The monoisotopic (exact) mass is 441 g/mol. The Morgan fingerprint density at radius 3 is 2.07 bits per heavy atom. The molecule has 0 aromatic heterocycles. The molecule has 6 nitrogen and oxygen atoms in total. The van der Waals surface area contributed by atoms with E-state index in [1.807, 2.05) is 0 Å². The van der Waals surface area contributed by atoms with Crippen molar-refractivity contribution in [2.45, 2.75) is 62.3 Å². The minimum absolute atomic E-state index is 0.126. The highest BCUT2D eigenvalue weighted by atomic mass is 32.2. The van der Waals surface area contributed by atoms with Crippen LogP contribution in [0, 0.1) is 17.8 Å². The van der Waals surface area contributed by atoms with E-state index in [9.17, 15) is 26.8 Å². The molecule has 30 heavy (non-hydrogen) atoms. The number of halogens is 2. The van der Waals surface area contributed by atoms with Crippen molar-refractivity contribution in [2.75, 3.05) is 0 Å². The molecule has 4 fully saturated rings. The summed E-state index contributed by atoms with van der Waals surface area (Å²) in [6, 6.07) is 7.62. The highest BCUT2D eigenvalue weighted by Crippen LogP contribution is 2.55. The maximum Gasteiger partial charge on any atom is 0.446 e. The van der Waals surface area contributed by atoms with Gasteiger partial charge in [0.15, 0.2) is 5.78 Å². The highest BCUT2D eigenvalue weighted by Gasteiger charge is 2.59. The van der Waals surface area contributed by atoms with Crippen LogP contribution in [0.4, 0.5) is 8.78 Å². The summed E-state index contributed by atoms with van der Waals surface area (Å²) in [4.78, 5) is 24.7. The predicted molar refractivity (Wildman–Crippen MR) is 104 cm³/mol. The first-order valence-corrected chi connectivity index (χ1v) is 11.6. The lowest BCUT2D eigenvalue weighted by atomic mass is 9.53. The maximum absolute atomic E-state index is 14.7. The smallest absolute Gasteiger partial charge is 0.344 e. The Labute approximate surface area is 174 Å². The first kappa shape index (κ1) is 21.4. The summed E-state index contributed by atoms with van der Waals surface area (Å²) in [5.41, 5.74) is -0.641. The van der Waals surface area contributed by atoms with Gasteiger partial charge in [-0.3, -0.25) is 13.8 Å². The number of benzene rings is 1. The van der Waals surface area contributed by atoms with E-state index in [1.54, 1.807) is 18.2 Å². The van der Waals surface area contributed by atoms with Gasteiger partial charge in [-0.15, -0.1) is 0 Å². The van der Waals surface area contributed by atoms with Gasteiger partial charge in [-0.25, -0.2) is 0 Å². The number of nitrogens with one attached hydrogen (secondary N) is 1. The van der Waals surface area contributed by atoms with Gasteiger partial charge in [0.1, 0.15) is 6.10 Å². The fourth-order valence-electron chi connectivity index (χ4n) is 5.82. The minimum Gasteiger partial charge on any atom is -0.344 e. The third kappa shape index (κ3) is 3.77.